The zero-order valence-electron chi connectivity index (χ0n) is 10.6. The minimum atomic E-state index is -0.0906. The monoisotopic (exact) mass is 295 g/mol. The third-order valence-corrected chi connectivity index (χ3v) is 3.94. The van der Waals surface area contributed by atoms with E-state index >= 15 is 0 Å². The van der Waals surface area contributed by atoms with Crippen molar-refractivity contribution >= 4 is 35.0 Å². The van der Waals surface area contributed by atoms with E-state index in [1.54, 1.807) is 18.6 Å². The van der Waals surface area contributed by atoms with Crippen LogP contribution in [0.5, 0.6) is 0 Å². The maximum atomic E-state index is 11.8. The van der Waals surface area contributed by atoms with Crippen LogP contribution in [0.1, 0.15) is 6.92 Å². The lowest BCUT2D eigenvalue weighted by Crippen LogP contribution is -2.22. The first-order valence-corrected chi connectivity index (χ1v) is 7.40. The van der Waals surface area contributed by atoms with Crippen LogP contribution in [0.4, 0.5) is 5.69 Å². The van der Waals surface area contributed by atoms with E-state index in [9.17, 15) is 4.79 Å². The van der Waals surface area contributed by atoms with Crippen LogP contribution in [0.25, 0.3) is 5.69 Å². The molecule has 100 valence electrons. The van der Waals surface area contributed by atoms with Crippen molar-refractivity contribution in [2.24, 2.45) is 0 Å². The summed E-state index contributed by atoms with van der Waals surface area (Å²) in [6, 6.07) is 5.41. The summed E-state index contributed by atoms with van der Waals surface area (Å²) in [7, 11) is 0. The van der Waals surface area contributed by atoms with Crippen LogP contribution in [0.15, 0.2) is 36.9 Å². The lowest BCUT2D eigenvalue weighted by Gasteiger charge is -2.11. The Balaban J connectivity index is 2.18. The maximum Gasteiger partial charge on any atom is 0.237 e. The van der Waals surface area contributed by atoms with Gasteiger partial charge in [0.05, 0.1) is 22.3 Å². The lowest BCUT2D eigenvalue weighted by molar-refractivity contribution is -0.115. The molecule has 4 nitrogen and oxygen atoms in total. The van der Waals surface area contributed by atoms with E-state index in [-0.39, 0.29) is 11.2 Å². The summed E-state index contributed by atoms with van der Waals surface area (Å²) in [6.07, 6.45) is 7.08. The Morgan fingerprint density at radius 1 is 1.53 bits per heavy atom. The maximum absolute atomic E-state index is 11.8. The summed E-state index contributed by atoms with van der Waals surface area (Å²) < 4.78 is 1.82. The van der Waals surface area contributed by atoms with E-state index in [0.29, 0.717) is 10.7 Å². The molecule has 0 saturated heterocycles. The Kier molecular flexibility index (Phi) is 4.50. The lowest BCUT2D eigenvalue weighted by atomic mass is 10.2. The van der Waals surface area contributed by atoms with Gasteiger partial charge in [-0.2, -0.15) is 11.8 Å². The molecule has 0 aliphatic heterocycles. The van der Waals surface area contributed by atoms with Gasteiger partial charge in [0.1, 0.15) is 0 Å². The van der Waals surface area contributed by atoms with Crippen molar-refractivity contribution < 1.29 is 4.79 Å². The topological polar surface area (TPSA) is 46.9 Å². The van der Waals surface area contributed by atoms with E-state index in [4.69, 9.17) is 11.6 Å². The number of halogens is 1. The summed E-state index contributed by atoms with van der Waals surface area (Å²) in [4.78, 5) is 15.8. The van der Waals surface area contributed by atoms with E-state index < -0.39 is 0 Å². The van der Waals surface area contributed by atoms with Gasteiger partial charge in [-0.05, 0) is 31.4 Å². The number of carbonyl (C=O) groups excluding carboxylic acids is 1. The van der Waals surface area contributed by atoms with Crippen molar-refractivity contribution in [2.75, 3.05) is 11.6 Å². The number of carbonyl (C=O) groups is 1. The zero-order chi connectivity index (χ0) is 13.8. The van der Waals surface area contributed by atoms with Crippen LogP contribution in [0, 0.1) is 0 Å². The van der Waals surface area contributed by atoms with Crippen molar-refractivity contribution in [2.45, 2.75) is 12.2 Å². The molecule has 0 fully saturated rings. The number of aromatic nitrogens is 2. The van der Waals surface area contributed by atoms with Crippen molar-refractivity contribution in [3.63, 3.8) is 0 Å². The third-order valence-electron chi connectivity index (χ3n) is 2.72. The first-order valence-electron chi connectivity index (χ1n) is 5.73. The minimum absolute atomic E-state index is 0.0288. The SMILES string of the molecule is CS[C@H](C)C(=O)Nc1ccc(-n2ccnc2)c(Cl)c1. The van der Waals surface area contributed by atoms with Gasteiger partial charge in [0.2, 0.25) is 5.91 Å². The number of benzene rings is 1. The summed E-state index contributed by atoms with van der Waals surface area (Å²) in [6.45, 7) is 1.86. The second kappa shape index (κ2) is 6.12. The summed E-state index contributed by atoms with van der Waals surface area (Å²) >= 11 is 7.71. The molecular formula is C13H14ClN3OS. The van der Waals surface area contributed by atoms with Crippen molar-refractivity contribution in [1.82, 2.24) is 9.55 Å². The van der Waals surface area contributed by atoms with Crippen LogP contribution < -0.4 is 5.32 Å². The highest BCUT2D eigenvalue weighted by molar-refractivity contribution is 7.99. The Bertz CT molecular complexity index is 571. The molecule has 0 bridgehead atoms. The molecule has 0 spiro atoms. The quantitative estimate of drug-likeness (QED) is 0.942. The number of nitrogens with one attached hydrogen (secondary N) is 1. The molecule has 2 aromatic rings. The van der Waals surface area contributed by atoms with Crippen molar-refractivity contribution in [3.8, 4) is 5.69 Å². The van der Waals surface area contributed by atoms with Crippen molar-refractivity contribution in [3.05, 3.63) is 41.9 Å². The number of hydrogen-bond donors (Lipinski definition) is 1. The van der Waals surface area contributed by atoms with E-state index in [1.165, 1.54) is 11.8 Å². The van der Waals surface area contributed by atoms with Gasteiger partial charge in [-0.25, -0.2) is 4.98 Å². The largest absolute Gasteiger partial charge is 0.325 e. The summed E-state index contributed by atoms with van der Waals surface area (Å²) in [5, 5.41) is 3.31. The second-order valence-electron chi connectivity index (χ2n) is 4.00. The number of rotatable bonds is 4. The molecule has 0 saturated carbocycles. The van der Waals surface area contributed by atoms with Crippen molar-refractivity contribution in [1.29, 1.82) is 0 Å². The highest BCUT2D eigenvalue weighted by atomic mass is 35.5. The predicted molar refractivity (Wildman–Crippen MR) is 80.2 cm³/mol. The fourth-order valence-corrected chi connectivity index (χ4v) is 2.10. The van der Waals surface area contributed by atoms with Crippen LogP contribution in [-0.4, -0.2) is 27.0 Å². The number of thioether (sulfide) groups is 1. The van der Waals surface area contributed by atoms with Gasteiger partial charge in [0.25, 0.3) is 0 Å². The Hall–Kier alpha value is -1.46. The molecule has 1 amide bonds. The van der Waals surface area contributed by atoms with Gasteiger partial charge in [0.15, 0.2) is 0 Å². The average molecular weight is 296 g/mol. The standard InChI is InChI=1S/C13H14ClN3OS/c1-9(19-2)13(18)16-10-3-4-12(11(14)7-10)17-6-5-15-8-17/h3-9H,1-2H3,(H,16,18)/t9-/m1/s1. The zero-order valence-corrected chi connectivity index (χ0v) is 12.2. The van der Waals surface area contributed by atoms with Crippen LogP contribution in [-0.2, 0) is 4.79 Å². The molecular weight excluding hydrogens is 282 g/mol. The molecule has 6 heteroatoms. The van der Waals surface area contributed by atoms with E-state index in [2.05, 4.69) is 10.3 Å². The molecule has 0 aliphatic carbocycles. The molecule has 0 aliphatic rings. The molecule has 0 radical (unpaired) electrons. The van der Waals surface area contributed by atoms with Gasteiger partial charge >= 0.3 is 0 Å². The first kappa shape index (κ1) is 14.0. The fourth-order valence-electron chi connectivity index (χ4n) is 1.55. The summed E-state index contributed by atoms with van der Waals surface area (Å²) in [5.41, 5.74) is 1.52. The fraction of sp³-hybridized carbons (Fsp3) is 0.231. The minimum Gasteiger partial charge on any atom is -0.325 e. The average Bonchev–Trinajstić information content (AvgIpc) is 2.91. The van der Waals surface area contributed by atoms with Crippen LogP contribution in [0.3, 0.4) is 0 Å². The number of hydrogen-bond acceptors (Lipinski definition) is 3. The Labute approximate surface area is 121 Å². The van der Waals surface area contributed by atoms with Gasteiger partial charge < -0.3 is 9.88 Å². The first-order chi connectivity index (χ1) is 9.11. The number of anilines is 1. The molecule has 1 aromatic carbocycles. The molecule has 0 unspecified atom stereocenters. The van der Waals surface area contributed by atoms with E-state index in [1.807, 2.05) is 36.1 Å². The van der Waals surface area contributed by atoms with Gasteiger partial charge in [-0.1, -0.05) is 11.6 Å². The van der Waals surface area contributed by atoms with Crippen LogP contribution in [0.2, 0.25) is 5.02 Å². The van der Waals surface area contributed by atoms with Gasteiger partial charge in [-0.3, -0.25) is 4.79 Å². The van der Waals surface area contributed by atoms with Crippen LogP contribution >= 0.6 is 23.4 Å². The highest BCUT2D eigenvalue weighted by Gasteiger charge is 2.12. The summed E-state index contributed by atoms with van der Waals surface area (Å²) in [5.74, 6) is -0.0288. The second-order valence-corrected chi connectivity index (χ2v) is 5.59. The predicted octanol–water partition coefficient (Wildman–Crippen LogP) is 3.22. The number of amides is 1. The Morgan fingerprint density at radius 2 is 2.32 bits per heavy atom. The van der Waals surface area contributed by atoms with E-state index in [0.717, 1.165) is 5.69 Å². The molecule has 2 rings (SSSR count). The molecule has 1 N–H and O–H groups in total. The smallest absolute Gasteiger partial charge is 0.237 e. The molecule has 1 aromatic heterocycles. The third kappa shape index (κ3) is 3.30. The highest BCUT2D eigenvalue weighted by Crippen LogP contribution is 2.24. The van der Waals surface area contributed by atoms with Gasteiger partial charge in [0, 0.05) is 18.1 Å². The molecule has 1 atom stereocenters. The molecule has 19 heavy (non-hydrogen) atoms. The normalized spacial score (nSPS) is 12.2. The molecule has 1 heterocycles. The van der Waals surface area contributed by atoms with Gasteiger partial charge in [-0.15, -0.1) is 0 Å². The number of nitrogens with zero attached hydrogens (tertiary/aromatic N) is 2. The number of imidazole rings is 1. The Morgan fingerprint density at radius 3 is 2.89 bits per heavy atom.